The van der Waals surface area contributed by atoms with Gasteiger partial charge >= 0.3 is 0 Å². The first-order chi connectivity index (χ1) is 8.49. The maximum Gasteiger partial charge on any atom is 0.131 e. The molecule has 0 spiro atoms. The molecule has 2 N–H and O–H groups in total. The number of hydrogen-bond donors (Lipinski definition) is 1. The zero-order chi connectivity index (χ0) is 13.3. The average Bonchev–Trinajstić information content (AvgIpc) is 2.64. The summed E-state index contributed by atoms with van der Waals surface area (Å²) in [6.45, 7) is 7.30. The number of nitrogens with zero attached hydrogens (tertiary/aromatic N) is 2. The van der Waals surface area contributed by atoms with E-state index in [-0.39, 0.29) is 0 Å². The van der Waals surface area contributed by atoms with Crippen molar-refractivity contribution in [2.75, 3.05) is 5.73 Å². The number of nitrogen functional groups attached to an aromatic ring is 1. The summed E-state index contributed by atoms with van der Waals surface area (Å²) < 4.78 is 3.11. The molecular weight excluding hydrogens is 290 g/mol. The van der Waals surface area contributed by atoms with Crippen molar-refractivity contribution in [3.05, 3.63) is 34.6 Å². The molecule has 2 rings (SSSR count). The third-order valence-electron chi connectivity index (χ3n) is 2.87. The molecule has 0 aliphatic rings. The lowest BCUT2D eigenvalue weighted by atomic mass is 10.1. The van der Waals surface area contributed by atoms with Gasteiger partial charge in [0.15, 0.2) is 0 Å². The molecule has 0 aliphatic carbocycles. The lowest BCUT2D eigenvalue weighted by Gasteiger charge is -2.08. The maximum atomic E-state index is 6.16. The van der Waals surface area contributed by atoms with Crippen LogP contribution in [-0.4, -0.2) is 9.55 Å². The van der Waals surface area contributed by atoms with Crippen LogP contribution in [0.1, 0.15) is 19.4 Å². The van der Waals surface area contributed by atoms with Gasteiger partial charge < -0.3 is 10.3 Å². The van der Waals surface area contributed by atoms with Crippen LogP contribution in [0.2, 0.25) is 0 Å². The van der Waals surface area contributed by atoms with Gasteiger partial charge in [0.05, 0.1) is 6.33 Å². The maximum absolute atomic E-state index is 6.16. The van der Waals surface area contributed by atoms with Gasteiger partial charge in [-0.05, 0) is 30.5 Å². The van der Waals surface area contributed by atoms with E-state index in [9.17, 15) is 0 Å². The van der Waals surface area contributed by atoms with E-state index in [1.54, 1.807) is 0 Å². The van der Waals surface area contributed by atoms with Crippen molar-refractivity contribution in [3.8, 4) is 11.3 Å². The third kappa shape index (κ3) is 2.58. The SMILES string of the molecule is Cc1cc(-c2ncn(CC(C)C)c2N)ccc1Br. The number of aryl methyl sites for hydroxylation is 1. The molecule has 0 bridgehead atoms. The minimum absolute atomic E-state index is 0.556. The molecule has 0 saturated heterocycles. The number of nitrogens with two attached hydrogens (primary N) is 1. The van der Waals surface area contributed by atoms with Gasteiger partial charge in [0.25, 0.3) is 0 Å². The molecule has 0 aliphatic heterocycles. The number of hydrogen-bond acceptors (Lipinski definition) is 2. The van der Waals surface area contributed by atoms with Crippen LogP contribution < -0.4 is 5.73 Å². The first kappa shape index (κ1) is 13.1. The van der Waals surface area contributed by atoms with Crippen LogP contribution in [0.3, 0.4) is 0 Å². The highest BCUT2D eigenvalue weighted by Gasteiger charge is 2.11. The molecule has 0 amide bonds. The van der Waals surface area contributed by atoms with E-state index in [1.807, 2.05) is 23.0 Å². The molecule has 0 unspecified atom stereocenters. The van der Waals surface area contributed by atoms with E-state index < -0.39 is 0 Å². The number of benzene rings is 1. The zero-order valence-electron chi connectivity index (χ0n) is 10.9. The molecule has 1 heterocycles. The van der Waals surface area contributed by atoms with Gasteiger partial charge in [-0.3, -0.25) is 0 Å². The quantitative estimate of drug-likeness (QED) is 0.935. The Hall–Kier alpha value is -1.29. The molecule has 3 nitrogen and oxygen atoms in total. The van der Waals surface area contributed by atoms with Crippen molar-refractivity contribution in [2.24, 2.45) is 5.92 Å². The lowest BCUT2D eigenvalue weighted by molar-refractivity contribution is 0.527. The first-order valence-electron chi connectivity index (χ1n) is 6.06. The van der Waals surface area contributed by atoms with Crippen LogP contribution in [0.4, 0.5) is 5.82 Å². The molecule has 0 radical (unpaired) electrons. The Balaban J connectivity index is 2.39. The van der Waals surface area contributed by atoms with Gasteiger partial charge in [-0.2, -0.15) is 0 Å². The van der Waals surface area contributed by atoms with E-state index >= 15 is 0 Å². The molecular formula is C14H18BrN3. The van der Waals surface area contributed by atoms with E-state index in [2.05, 4.69) is 47.8 Å². The second kappa shape index (κ2) is 5.14. The second-order valence-corrected chi connectivity index (χ2v) is 5.84. The molecule has 18 heavy (non-hydrogen) atoms. The van der Waals surface area contributed by atoms with Crippen molar-refractivity contribution in [1.29, 1.82) is 0 Å². The van der Waals surface area contributed by atoms with Gasteiger partial charge in [0.1, 0.15) is 11.5 Å². The molecule has 96 valence electrons. The summed E-state index contributed by atoms with van der Waals surface area (Å²) in [5.41, 5.74) is 9.28. The summed E-state index contributed by atoms with van der Waals surface area (Å²) in [4.78, 5) is 4.43. The van der Waals surface area contributed by atoms with Crippen molar-refractivity contribution in [2.45, 2.75) is 27.3 Å². The third-order valence-corrected chi connectivity index (χ3v) is 3.76. The van der Waals surface area contributed by atoms with E-state index in [1.165, 1.54) is 5.56 Å². The molecule has 0 atom stereocenters. The Kier molecular flexibility index (Phi) is 3.76. The fourth-order valence-electron chi connectivity index (χ4n) is 1.95. The Morgan fingerprint density at radius 2 is 2.11 bits per heavy atom. The molecule has 1 aromatic carbocycles. The fraction of sp³-hybridized carbons (Fsp3) is 0.357. The highest BCUT2D eigenvalue weighted by atomic mass is 79.9. The highest BCUT2D eigenvalue weighted by Crippen LogP contribution is 2.28. The van der Waals surface area contributed by atoms with Crippen molar-refractivity contribution in [3.63, 3.8) is 0 Å². The van der Waals surface area contributed by atoms with E-state index in [0.29, 0.717) is 5.92 Å². The summed E-state index contributed by atoms with van der Waals surface area (Å²) >= 11 is 3.50. The van der Waals surface area contributed by atoms with E-state index in [4.69, 9.17) is 5.73 Å². The summed E-state index contributed by atoms with van der Waals surface area (Å²) in [6, 6.07) is 6.17. The Bertz CT molecular complexity index is 558. The number of anilines is 1. The molecule has 4 heteroatoms. The molecule has 0 saturated carbocycles. The molecule has 0 fully saturated rings. The van der Waals surface area contributed by atoms with Crippen molar-refractivity contribution >= 4 is 21.7 Å². The minimum atomic E-state index is 0.556. The van der Waals surface area contributed by atoms with E-state index in [0.717, 1.165) is 28.1 Å². The minimum Gasteiger partial charge on any atom is -0.383 e. The van der Waals surface area contributed by atoms with Gasteiger partial charge in [0, 0.05) is 16.6 Å². The predicted molar refractivity (Wildman–Crippen MR) is 79.4 cm³/mol. The normalized spacial score (nSPS) is 11.2. The number of aromatic nitrogens is 2. The highest BCUT2D eigenvalue weighted by molar-refractivity contribution is 9.10. The van der Waals surface area contributed by atoms with Crippen molar-refractivity contribution < 1.29 is 0 Å². The van der Waals surface area contributed by atoms with Gasteiger partial charge in [0.2, 0.25) is 0 Å². The monoisotopic (exact) mass is 307 g/mol. The predicted octanol–water partition coefficient (Wildman–Crippen LogP) is 3.86. The summed E-state index contributed by atoms with van der Waals surface area (Å²) in [5, 5.41) is 0. The van der Waals surface area contributed by atoms with Gasteiger partial charge in [-0.15, -0.1) is 0 Å². The zero-order valence-corrected chi connectivity index (χ0v) is 12.5. The smallest absolute Gasteiger partial charge is 0.131 e. The Morgan fingerprint density at radius 1 is 1.39 bits per heavy atom. The standard InChI is InChI=1S/C14H18BrN3/c1-9(2)7-18-8-17-13(14(18)16)11-4-5-12(15)10(3)6-11/h4-6,8-9H,7,16H2,1-3H3. The van der Waals surface area contributed by atoms with Gasteiger partial charge in [-0.25, -0.2) is 4.98 Å². The fourth-order valence-corrected chi connectivity index (χ4v) is 2.19. The largest absolute Gasteiger partial charge is 0.383 e. The summed E-state index contributed by atoms with van der Waals surface area (Å²) in [7, 11) is 0. The van der Waals surface area contributed by atoms with Crippen LogP contribution in [0.15, 0.2) is 29.0 Å². The van der Waals surface area contributed by atoms with Gasteiger partial charge in [-0.1, -0.05) is 35.8 Å². The van der Waals surface area contributed by atoms with Crippen LogP contribution in [0.5, 0.6) is 0 Å². The van der Waals surface area contributed by atoms with Crippen LogP contribution in [-0.2, 0) is 6.54 Å². The molecule has 1 aromatic heterocycles. The average molecular weight is 308 g/mol. The van der Waals surface area contributed by atoms with Crippen LogP contribution >= 0.6 is 15.9 Å². The Morgan fingerprint density at radius 3 is 2.72 bits per heavy atom. The number of rotatable bonds is 3. The van der Waals surface area contributed by atoms with Crippen molar-refractivity contribution in [1.82, 2.24) is 9.55 Å². The molecule has 2 aromatic rings. The summed E-state index contributed by atoms with van der Waals surface area (Å²) in [5.74, 6) is 1.30. The lowest BCUT2D eigenvalue weighted by Crippen LogP contribution is -2.06. The summed E-state index contributed by atoms with van der Waals surface area (Å²) in [6.07, 6.45) is 1.82. The topological polar surface area (TPSA) is 43.8 Å². The van der Waals surface area contributed by atoms with Crippen LogP contribution in [0.25, 0.3) is 11.3 Å². The second-order valence-electron chi connectivity index (χ2n) is 4.99. The number of imidazole rings is 1. The van der Waals surface area contributed by atoms with Crippen LogP contribution in [0, 0.1) is 12.8 Å². The first-order valence-corrected chi connectivity index (χ1v) is 6.85. The number of halogens is 1. The Labute approximate surface area is 116 Å².